The van der Waals surface area contributed by atoms with Gasteiger partial charge in [-0.2, -0.15) is 0 Å². The van der Waals surface area contributed by atoms with Gasteiger partial charge in [0.2, 0.25) is 5.36 Å². The lowest BCUT2D eigenvalue weighted by Crippen LogP contribution is -2.35. The Morgan fingerprint density at radius 1 is 0.964 bits per heavy atom. The van der Waals surface area contributed by atoms with Gasteiger partial charge in [-0.15, -0.1) is 0 Å². The number of carboxylic acids is 1. The summed E-state index contributed by atoms with van der Waals surface area (Å²) in [4.78, 5) is 12.7. The summed E-state index contributed by atoms with van der Waals surface area (Å²) in [6, 6.07) is 12.3. The topological polar surface area (TPSA) is 190 Å². The van der Waals surface area contributed by atoms with E-state index in [1.165, 1.54) is 12.1 Å². The summed E-state index contributed by atoms with van der Waals surface area (Å²) in [5.74, 6) is -0.244. The molecule has 4 rings (SSSR count). The third kappa shape index (κ3) is 11.6. The molecule has 302 valence electrons. The van der Waals surface area contributed by atoms with E-state index >= 15 is 0 Å². The van der Waals surface area contributed by atoms with Crippen LogP contribution in [-0.4, -0.2) is 89.8 Å². The minimum atomic E-state index is -4.82. The molecule has 15 heteroatoms. The van der Waals surface area contributed by atoms with Crippen molar-refractivity contribution in [3.63, 3.8) is 0 Å². The van der Waals surface area contributed by atoms with Gasteiger partial charge in [-0.1, -0.05) is 33.3 Å². The van der Waals surface area contributed by atoms with Gasteiger partial charge in [0, 0.05) is 61.4 Å². The zero-order valence-corrected chi connectivity index (χ0v) is 34.1. The largest absolute Gasteiger partial charge is 0.748 e. The number of carbonyl (C=O) groups is 1. The van der Waals surface area contributed by atoms with Crippen molar-refractivity contribution in [3.05, 3.63) is 82.6 Å². The zero-order chi connectivity index (χ0) is 40.6. The maximum Gasteiger partial charge on any atom is 0.303 e. The van der Waals surface area contributed by atoms with Crippen LogP contribution in [0.4, 0.5) is 5.69 Å². The van der Waals surface area contributed by atoms with Crippen LogP contribution in [0.25, 0.3) is 17.4 Å². The summed E-state index contributed by atoms with van der Waals surface area (Å²) in [5, 5.41) is 10.1. The van der Waals surface area contributed by atoms with Crippen molar-refractivity contribution in [3.8, 4) is 11.3 Å². The fourth-order valence-electron chi connectivity index (χ4n) is 7.12. The van der Waals surface area contributed by atoms with Crippen LogP contribution >= 0.6 is 0 Å². The minimum Gasteiger partial charge on any atom is -0.748 e. The summed E-state index contributed by atoms with van der Waals surface area (Å²) >= 11 is 0. The molecule has 1 aromatic rings. The van der Waals surface area contributed by atoms with Crippen LogP contribution in [0.3, 0.4) is 0 Å². The highest BCUT2D eigenvalue weighted by atomic mass is 32.2. The van der Waals surface area contributed by atoms with Crippen molar-refractivity contribution < 1.29 is 49.7 Å². The predicted octanol–water partition coefficient (Wildman–Crippen LogP) is 5.30. The van der Waals surface area contributed by atoms with Crippen LogP contribution in [0.2, 0.25) is 0 Å². The molecule has 0 aromatic heterocycles. The maximum absolute atomic E-state index is 12.1. The molecule has 3 aliphatic rings. The Labute approximate surface area is 324 Å². The zero-order valence-electron chi connectivity index (χ0n) is 32.5. The quantitative estimate of drug-likeness (QED) is 0.0938. The molecule has 0 spiro atoms. The summed E-state index contributed by atoms with van der Waals surface area (Å²) in [5.41, 5.74) is 2.66. The molecule has 0 amide bonds. The van der Waals surface area contributed by atoms with Crippen LogP contribution in [0.1, 0.15) is 83.1 Å². The third-order valence-corrected chi connectivity index (χ3v) is 11.5. The minimum absolute atomic E-state index is 0.00725. The number of hydrogen-bond donors (Lipinski definition) is 1. The number of ether oxygens (including phenoxy) is 2. The number of methoxy groups -OCH3 is 2. The smallest absolute Gasteiger partial charge is 0.303 e. The molecular formula is C40H53N2O11S2-. The van der Waals surface area contributed by atoms with Gasteiger partial charge in [0.1, 0.15) is 34.9 Å². The number of carboxylic acid groups (broad SMARTS) is 1. The van der Waals surface area contributed by atoms with Crippen molar-refractivity contribution in [1.29, 1.82) is 0 Å². The number of aliphatic carboxylic acids is 1. The number of benzene rings is 2. The van der Waals surface area contributed by atoms with E-state index in [1.54, 1.807) is 20.3 Å². The van der Waals surface area contributed by atoms with Crippen molar-refractivity contribution in [2.24, 2.45) is 0 Å². The summed E-state index contributed by atoms with van der Waals surface area (Å²) in [7, 11) is -6.04. The Morgan fingerprint density at radius 3 is 2.25 bits per heavy atom. The lowest BCUT2D eigenvalue weighted by Gasteiger charge is -2.31. The Morgan fingerprint density at radius 2 is 1.65 bits per heavy atom. The summed E-state index contributed by atoms with van der Waals surface area (Å²) in [6.45, 7) is 11.0. The molecule has 0 bridgehead atoms. The van der Waals surface area contributed by atoms with Gasteiger partial charge in [-0.3, -0.25) is 4.79 Å². The normalized spacial score (nSPS) is 17.1. The Kier molecular flexibility index (Phi) is 14.7. The van der Waals surface area contributed by atoms with Gasteiger partial charge in [0.15, 0.2) is 13.1 Å². The van der Waals surface area contributed by atoms with Crippen molar-refractivity contribution >= 4 is 38.0 Å². The van der Waals surface area contributed by atoms with Gasteiger partial charge in [-0.25, -0.2) is 21.4 Å². The van der Waals surface area contributed by atoms with E-state index in [9.17, 15) is 30.7 Å². The molecule has 1 N–H and O–H groups in total. The molecule has 55 heavy (non-hydrogen) atoms. The van der Waals surface area contributed by atoms with Crippen molar-refractivity contribution in [2.45, 2.75) is 81.9 Å². The molecule has 1 aromatic carbocycles. The fraction of sp³-hybridized carbons (Fsp3) is 0.500. The molecule has 2 heterocycles. The predicted molar refractivity (Wildman–Crippen MR) is 209 cm³/mol. The van der Waals surface area contributed by atoms with E-state index < -0.39 is 42.3 Å². The van der Waals surface area contributed by atoms with Crippen LogP contribution < -0.4 is 14.8 Å². The lowest BCUT2D eigenvalue weighted by atomic mass is 9.77. The van der Waals surface area contributed by atoms with E-state index in [1.807, 2.05) is 42.2 Å². The number of hydrogen-bond acceptors (Lipinski definition) is 11. The van der Waals surface area contributed by atoms with Gasteiger partial charge in [0.25, 0.3) is 0 Å². The second kappa shape index (κ2) is 18.4. The SMILES string of the molecule is COCC[N+](CCOC)=c1ccc2c(C(C)(C)C)cc(/C=C/C=C3/N(CCCCCC(=O)O)c4ccc(S(=O)(=O)[O-])cc4C3(C)CCCS(=O)(=O)[O-])oc-2c1. The highest BCUT2D eigenvalue weighted by Crippen LogP contribution is 2.51. The molecule has 1 unspecified atom stereocenters. The second-order valence-electron chi connectivity index (χ2n) is 15.1. The first kappa shape index (κ1) is 43.9. The van der Waals surface area contributed by atoms with Crippen LogP contribution in [0.15, 0.2) is 69.6 Å². The average molecular weight is 802 g/mol. The molecule has 1 aliphatic carbocycles. The first-order chi connectivity index (χ1) is 25.8. The molecule has 0 saturated heterocycles. The summed E-state index contributed by atoms with van der Waals surface area (Å²) in [6.07, 6.45) is 7.37. The Balaban J connectivity index is 1.87. The lowest BCUT2D eigenvalue weighted by molar-refractivity contribution is -0.137. The van der Waals surface area contributed by atoms with E-state index in [-0.39, 0.29) is 24.7 Å². The first-order valence-corrected chi connectivity index (χ1v) is 21.3. The van der Waals surface area contributed by atoms with Gasteiger partial charge >= 0.3 is 5.97 Å². The Bertz CT molecular complexity index is 2140. The Hall–Kier alpha value is -3.86. The molecule has 0 fully saturated rings. The average Bonchev–Trinajstić information content (AvgIpc) is 3.32. The standard InChI is InChI=1S/C40H54N2O11S2/c1-39(2,3)33-27-30(53-36-26-29(15-17-32(33)36)41(21-23-51-5)22-24-52-6)12-10-13-37-40(4,19-11-25-54(45,46)47)34-28-31(55(48,49)50)16-18-35(34)42(37)20-9-7-8-14-38(43)44/h10,12-13,15-18,26-28H,7-9,11,14,19-25H2,1-6H3,(H2-,43,44,45,46,47,48,49,50)/p-1. The van der Waals surface area contributed by atoms with Crippen molar-refractivity contribution in [1.82, 2.24) is 4.58 Å². The number of nitrogens with zero attached hydrogens (tertiary/aromatic N) is 2. The van der Waals surface area contributed by atoms with Crippen LogP contribution in [-0.2, 0) is 45.3 Å². The second-order valence-corrected chi connectivity index (χ2v) is 18.0. The number of rotatable bonds is 19. The van der Waals surface area contributed by atoms with Gasteiger partial charge in [-0.05, 0) is 91.6 Å². The van der Waals surface area contributed by atoms with Crippen molar-refractivity contribution in [2.75, 3.05) is 57.7 Å². The van der Waals surface area contributed by atoms with Crippen LogP contribution in [0, 0.1) is 0 Å². The number of allylic oxidation sites excluding steroid dienone is 3. The molecular weight excluding hydrogens is 749 g/mol. The maximum atomic E-state index is 12.1. The molecule has 2 aliphatic heterocycles. The van der Waals surface area contributed by atoms with Gasteiger partial charge in [0.05, 0.1) is 21.1 Å². The number of anilines is 1. The molecule has 0 saturated carbocycles. The number of unbranched alkanes of at least 4 members (excludes halogenated alkanes) is 2. The molecule has 13 nitrogen and oxygen atoms in total. The van der Waals surface area contributed by atoms with Crippen LogP contribution in [0.5, 0.6) is 0 Å². The molecule has 0 radical (unpaired) electrons. The highest BCUT2D eigenvalue weighted by molar-refractivity contribution is 7.86. The highest BCUT2D eigenvalue weighted by Gasteiger charge is 2.43. The van der Waals surface area contributed by atoms with E-state index in [0.717, 1.165) is 16.5 Å². The third-order valence-electron chi connectivity index (χ3n) is 9.93. The number of fused-ring (bicyclic) bond motifs is 2. The van der Waals surface area contributed by atoms with E-state index in [0.29, 0.717) is 80.6 Å². The first-order valence-electron chi connectivity index (χ1n) is 18.3. The summed E-state index contributed by atoms with van der Waals surface area (Å²) < 4.78 is 90.7. The fourth-order valence-corrected chi connectivity index (χ4v) is 8.11. The van der Waals surface area contributed by atoms with Gasteiger partial charge < -0.3 is 33.0 Å². The monoisotopic (exact) mass is 801 g/mol. The van der Waals surface area contributed by atoms with E-state index in [2.05, 4.69) is 37.5 Å². The molecule has 1 atom stereocenters. The van der Waals surface area contributed by atoms with E-state index in [4.69, 9.17) is 19.0 Å².